The van der Waals surface area contributed by atoms with Crippen LogP contribution in [0.4, 0.5) is 31.7 Å². The Hall–Kier alpha value is -4.30. The molecule has 2 aliphatic rings. The Balaban J connectivity index is 1.66. The molecule has 0 spiro atoms. The summed E-state index contributed by atoms with van der Waals surface area (Å²) in [6.07, 6.45) is 6.77. The van der Waals surface area contributed by atoms with Crippen molar-refractivity contribution >= 4 is 49.7 Å². The molecule has 3 N–H and O–H groups in total. The van der Waals surface area contributed by atoms with Crippen LogP contribution in [0.1, 0.15) is 24.8 Å². The van der Waals surface area contributed by atoms with Crippen LogP contribution in [0.25, 0.3) is 22.0 Å². The minimum atomic E-state index is -3.75. The first-order chi connectivity index (χ1) is 20.0. The number of carbonyl (C=O) groups is 1. The lowest BCUT2D eigenvalue weighted by Crippen LogP contribution is -2.46. The number of nitrogens with zero attached hydrogens (tertiary/aromatic N) is 5. The molecule has 4 aromatic rings. The van der Waals surface area contributed by atoms with Gasteiger partial charge in [-0.05, 0) is 37.1 Å². The number of carbonyl (C=O) groups excluding carboxylic acids is 1. The standard InChI is InChI=1S/C28H29F2N7O4S/c1-34-15-19-18-10-23-22(35(24(38)5-3-4-6-31)7-8-37(23)42(2,40)41)11-21(18)36(27-20(30)9-17(29)13-33-27)14-16-12-32-26(25(16)19)28(34)39/h9-13,15,32H,3-8,14,31H2,1-2H3. The summed E-state index contributed by atoms with van der Waals surface area (Å²) >= 11 is 0. The van der Waals surface area contributed by atoms with Crippen LogP contribution in [0.5, 0.6) is 0 Å². The quantitative estimate of drug-likeness (QED) is 0.326. The van der Waals surface area contributed by atoms with E-state index in [-0.39, 0.29) is 49.0 Å². The third kappa shape index (κ3) is 4.50. The zero-order valence-electron chi connectivity index (χ0n) is 23.0. The molecule has 5 heterocycles. The van der Waals surface area contributed by atoms with Crippen molar-refractivity contribution in [3.8, 4) is 11.1 Å². The van der Waals surface area contributed by atoms with Crippen LogP contribution in [-0.2, 0) is 28.4 Å². The largest absolute Gasteiger partial charge is 0.356 e. The molecule has 3 aromatic heterocycles. The van der Waals surface area contributed by atoms with E-state index >= 15 is 4.39 Å². The molecule has 11 nitrogen and oxygen atoms in total. The van der Waals surface area contributed by atoms with Crippen molar-refractivity contribution in [3.05, 3.63) is 64.3 Å². The second-order valence-electron chi connectivity index (χ2n) is 10.6. The molecule has 1 aromatic carbocycles. The average Bonchev–Trinajstić information content (AvgIpc) is 3.31. The molecule has 6 rings (SSSR count). The molecule has 0 bridgehead atoms. The molecular formula is C28H29F2N7O4S. The van der Waals surface area contributed by atoms with E-state index in [2.05, 4.69) is 9.97 Å². The Bertz CT molecular complexity index is 1920. The number of benzene rings is 1. The maximum atomic E-state index is 15.3. The fourth-order valence-corrected chi connectivity index (χ4v) is 6.74. The van der Waals surface area contributed by atoms with Crippen molar-refractivity contribution < 1.29 is 22.0 Å². The molecule has 0 saturated carbocycles. The van der Waals surface area contributed by atoms with Crippen LogP contribution in [0.3, 0.4) is 0 Å². The molecule has 0 unspecified atom stereocenters. The molecule has 0 fully saturated rings. The summed E-state index contributed by atoms with van der Waals surface area (Å²) in [5.74, 6) is -2.10. The van der Waals surface area contributed by atoms with Gasteiger partial charge in [0.15, 0.2) is 11.6 Å². The third-order valence-corrected chi connectivity index (χ3v) is 8.95. The fraction of sp³-hybridized carbons (Fsp3) is 0.321. The molecule has 220 valence electrons. The second kappa shape index (κ2) is 10.2. The lowest BCUT2D eigenvalue weighted by atomic mass is 9.98. The van der Waals surface area contributed by atoms with Crippen LogP contribution in [-0.4, -0.2) is 54.8 Å². The molecule has 0 aliphatic carbocycles. The van der Waals surface area contributed by atoms with Crippen LogP contribution in [0.2, 0.25) is 0 Å². The molecule has 1 amide bonds. The summed E-state index contributed by atoms with van der Waals surface area (Å²) in [7, 11) is -2.15. The van der Waals surface area contributed by atoms with Crippen molar-refractivity contribution in [2.75, 3.05) is 40.0 Å². The normalized spacial score (nSPS) is 14.6. The number of rotatable bonds is 6. The predicted molar refractivity (Wildman–Crippen MR) is 156 cm³/mol. The van der Waals surface area contributed by atoms with Gasteiger partial charge in [-0.2, -0.15) is 0 Å². The number of sulfonamides is 1. The number of anilines is 4. The van der Waals surface area contributed by atoms with Crippen molar-refractivity contribution in [2.45, 2.75) is 25.8 Å². The van der Waals surface area contributed by atoms with E-state index in [0.29, 0.717) is 58.4 Å². The van der Waals surface area contributed by atoms with Gasteiger partial charge in [-0.3, -0.25) is 13.9 Å². The van der Waals surface area contributed by atoms with Gasteiger partial charge >= 0.3 is 0 Å². The summed E-state index contributed by atoms with van der Waals surface area (Å²) in [5, 5.41) is 0.598. The second-order valence-corrected chi connectivity index (χ2v) is 12.5. The highest BCUT2D eigenvalue weighted by molar-refractivity contribution is 7.92. The number of halogens is 2. The number of aromatic amines is 1. The van der Waals surface area contributed by atoms with E-state index in [1.165, 1.54) is 8.87 Å². The van der Waals surface area contributed by atoms with Crippen LogP contribution in [0, 0.1) is 11.6 Å². The number of aromatic nitrogens is 3. The van der Waals surface area contributed by atoms with E-state index in [1.54, 1.807) is 41.4 Å². The van der Waals surface area contributed by atoms with Crippen LogP contribution < -0.4 is 25.4 Å². The van der Waals surface area contributed by atoms with Gasteiger partial charge in [0.1, 0.15) is 11.3 Å². The van der Waals surface area contributed by atoms with Gasteiger partial charge in [-0.1, -0.05) is 0 Å². The molecule has 0 atom stereocenters. The summed E-state index contributed by atoms with van der Waals surface area (Å²) in [4.78, 5) is 36.6. The first kappa shape index (κ1) is 27.8. The Morgan fingerprint density at radius 1 is 1.10 bits per heavy atom. The fourth-order valence-electron chi connectivity index (χ4n) is 5.82. The van der Waals surface area contributed by atoms with Gasteiger partial charge in [-0.25, -0.2) is 22.2 Å². The maximum Gasteiger partial charge on any atom is 0.274 e. The Morgan fingerprint density at radius 2 is 1.88 bits per heavy atom. The summed E-state index contributed by atoms with van der Waals surface area (Å²) in [5.41, 5.74) is 8.46. The van der Waals surface area contributed by atoms with Crippen molar-refractivity contribution in [2.24, 2.45) is 12.8 Å². The molecule has 0 radical (unpaired) electrons. The zero-order valence-corrected chi connectivity index (χ0v) is 23.8. The number of pyridine rings is 2. The number of amides is 1. The first-order valence-corrected chi connectivity index (χ1v) is 15.3. The molecular weight excluding hydrogens is 568 g/mol. The highest BCUT2D eigenvalue weighted by atomic mass is 32.2. The minimum absolute atomic E-state index is 0.0448. The highest BCUT2D eigenvalue weighted by Crippen LogP contribution is 2.49. The van der Waals surface area contributed by atoms with Gasteiger partial charge in [0.05, 0.1) is 42.6 Å². The van der Waals surface area contributed by atoms with E-state index in [9.17, 15) is 22.4 Å². The Labute approximate surface area is 240 Å². The highest BCUT2D eigenvalue weighted by Gasteiger charge is 2.35. The summed E-state index contributed by atoms with van der Waals surface area (Å²) in [6, 6.07) is 4.04. The number of nitrogens with one attached hydrogen (secondary N) is 1. The first-order valence-electron chi connectivity index (χ1n) is 13.4. The summed E-state index contributed by atoms with van der Waals surface area (Å²) in [6.45, 7) is 0.664. The Kier molecular flexibility index (Phi) is 6.77. The van der Waals surface area contributed by atoms with Gasteiger partial charge < -0.3 is 25.1 Å². The van der Waals surface area contributed by atoms with Gasteiger partial charge in [0.2, 0.25) is 15.9 Å². The van der Waals surface area contributed by atoms with Gasteiger partial charge in [-0.15, -0.1) is 0 Å². The smallest absolute Gasteiger partial charge is 0.274 e. The maximum absolute atomic E-state index is 15.3. The predicted octanol–water partition coefficient (Wildman–Crippen LogP) is 3.10. The zero-order chi connectivity index (χ0) is 29.9. The number of H-pyrrole nitrogens is 1. The van der Waals surface area contributed by atoms with Crippen LogP contribution >= 0.6 is 0 Å². The third-order valence-electron chi connectivity index (χ3n) is 7.77. The average molecular weight is 598 g/mol. The van der Waals surface area contributed by atoms with Gasteiger partial charge in [0, 0.05) is 55.0 Å². The van der Waals surface area contributed by atoms with Crippen molar-refractivity contribution in [3.63, 3.8) is 0 Å². The monoisotopic (exact) mass is 597 g/mol. The summed E-state index contributed by atoms with van der Waals surface area (Å²) < 4.78 is 57.7. The van der Waals surface area contributed by atoms with Crippen molar-refractivity contribution in [1.29, 1.82) is 0 Å². The van der Waals surface area contributed by atoms with Crippen LogP contribution in [0.15, 0.2) is 41.6 Å². The van der Waals surface area contributed by atoms with Gasteiger partial charge in [0.25, 0.3) is 5.56 Å². The minimum Gasteiger partial charge on any atom is -0.356 e. The van der Waals surface area contributed by atoms with E-state index in [4.69, 9.17) is 5.73 Å². The van der Waals surface area contributed by atoms with E-state index < -0.39 is 21.7 Å². The van der Waals surface area contributed by atoms with Crippen molar-refractivity contribution in [1.82, 2.24) is 14.5 Å². The number of aryl methyl sites for hydroxylation is 1. The van der Waals surface area contributed by atoms with E-state index in [1.807, 2.05) is 0 Å². The molecule has 0 saturated heterocycles. The number of hydrogen-bond acceptors (Lipinski definition) is 7. The Morgan fingerprint density at radius 3 is 2.60 bits per heavy atom. The number of hydrogen-bond donors (Lipinski definition) is 2. The topological polar surface area (TPSA) is 138 Å². The number of fused-ring (bicyclic) bond motifs is 3. The molecule has 42 heavy (non-hydrogen) atoms. The number of nitrogens with two attached hydrogens (primary N) is 1. The molecule has 14 heteroatoms. The lowest BCUT2D eigenvalue weighted by molar-refractivity contribution is -0.118. The van der Waals surface area contributed by atoms with E-state index in [0.717, 1.165) is 18.5 Å². The lowest BCUT2D eigenvalue weighted by Gasteiger charge is -2.38. The molecule has 2 aliphatic heterocycles. The number of unbranched alkanes of at least 4 members (excludes halogenated alkanes) is 1. The SMILES string of the molecule is Cn1cc2c3c(c[nH]c3c1=O)CN(c1ncc(F)cc1F)c1cc3c(cc1-2)N(S(C)(=O)=O)CCN3C(=O)CCCCN.